The highest BCUT2D eigenvalue weighted by molar-refractivity contribution is 5.89. The summed E-state index contributed by atoms with van der Waals surface area (Å²) in [6.45, 7) is 0. The molecule has 0 saturated heterocycles. The topological polar surface area (TPSA) is 80.4 Å². The van der Waals surface area contributed by atoms with Crippen molar-refractivity contribution in [3.05, 3.63) is 58.8 Å². The highest BCUT2D eigenvalue weighted by atomic mass is 16.4. The summed E-state index contributed by atoms with van der Waals surface area (Å²) < 4.78 is 0. The largest absolute Gasteiger partial charge is 0.481 e. The van der Waals surface area contributed by atoms with Gasteiger partial charge in [0.25, 0.3) is 0 Å². The zero-order valence-corrected chi connectivity index (χ0v) is 14.7. The van der Waals surface area contributed by atoms with E-state index >= 15 is 0 Å². The highest BCUT2D eigenvalue weighted by Gasteiger charge is 2.18. The summed E-state index contributed by atoms with van der Waals surface area (Å²) in [7, 11) is 0. The van der Waals surface area contributed by atoms with Crippen molar-refractivity contribution in [3.63, 3.8) is 0 Å². The summed E-state index contributed by atoms with van der Waals surface area (Å²) >= 11 is 0. The van der Waals surface area contributed by atoms with E-state index in [1.807, 2.05) is 0 Å². The predicted octanol–water partition coefficient (Wildman–Crippen LogP) is 3.50. The van der Waals surface area contributed by atoms with Crippen molar-refractivity contribution < 1.29 is 14.7 Å². The number of allylic oxidation sites excluding steroid dienone is 3. The Morgan fingerprint density at radius 3 is 2.32 bits per heavy atom. The number of hydrogen-bond donors (Lipinski definition) is 2. The van der Waals surface area contributed by atoms with Crippen LogP contribution in [0.3, 0.4) is 0 Å². The SMILES string of the molecule is N/C=C\C=C\C(=O)CCCCc1ccc(CCC(=O)O)c2c1CCC2. The first-order valence-corrected chi connectivity index (χ1v) is 9.04. The van der Waals surface area contributed by atoms with Gasteiger partial charge in [-0.2, -0.15) is 0 Å². The van der Waals surface area contributed by atoms with Crippen molar-refractivity contribution in [1.29, 1.82) is 0 Å². The van der Waals surface area contributed by atoms with Crippen LogP contribution in [0.5, 0.6) is 0 Å². The molecule has 1 aromatic rings. The molecule has 0 bridgehead atoms. The van der Waals surface area contributed by atoms with Gasteiger partial charge in [0, 0.05) is 12.8 Å². The maximum Gasteiger partial charge on any atom is 0.303 e. The van der Waals surface area contributed by atoms with Crippen LogP contribution >= 0.6 is 0 Å². The van der Waals surface area contributed by atoms with Crippen molar-refractivity contribution in [2.45, 2.75) is 57.8 Å². The van der Waals surface area contributed by atoms with E-state index in [1.54, 1.807) is 18.2 Å². The van der Waals surface area contributed by atoms with Gasteiger partial charge in [-0.25, -0.2) is 0 Å². The number of carboxylic acid groups (broad SMARTS) is 1. The molecule has 1 aliphatic carbocycles. The lowest BCUT2D eigenvalue weighted by atomic mass is 9.93. The highest BCUT2D eigenvalue weighted by Crippen LogP contribution is 2.30. The average Bonchev–Trinajstić information content (AvgIpc) is 3.07. The number of aliphatic carboxylic acids is 1. The fourth-order valence-corrected chi connectivity index (χ4v) is 3.49. The Balaban J connectivity index is 1.87. The zero-order chi connectivity index (χ0) is 18.1. The normalized spacial score (nSPS) is 13.6. The van der Waals surface area contributed by atoms with Crippen LogP contribution in [0, 0.1) is 0 Å². The second kappa shape index (κ2) is 9.82. The van der Waals surface area contributed by atoms with Gasteiger partial charge in [-0.05, 0) is 85.6 Å². The summed E-state index contributed by atoms with van der Waals surface area (Å²) in [6, 6.07) is 4.27. The lowest BCUT2D eigenvalue weighted by Crippen LogP contribution is -2.03. The van der Waals surface area contributed by atoms with E-state index < -0.39 is 5.97 Å². The van der Waals surface area contributed by atoms with Gasteiger partial charge >= 0.3 is 5.97 Å². The van der Waals surface area contributed by atoms with Gasteiger partial charge in [0.05, 0.1) is 0 Å². The number of carbonyl (C=O) groups is 2. The Hall–Kier alpha value is -2.36. The zero-order valence-electron chi connectivity index (χ0n) is 14.7. The first-order valence-electron chi connectivity index (χ1n) is 9.04. The van der Waals surface area contributed by atoms with E-state index in [-0.39, 0.29) is 12.2 Å². The number of ketones is 1. The molecule has 1 aromatic carbocycles. The van der Waals surface area contributed by atoms with Gasteiger partial charge in [-0.1, -0.05) is 18.2 Å². The van der Waals surface area contributed by atoms with Gasteiger partial charge < -0.3 is 10.8 Å². The lowest BCUT2D eigenvalue weighted by molar-refractivity contribution is -0.137. The number of benzene rings is 1. The molecular weight excluding hydrogens is 314 g/mol. The molecule has 0 spiro atoms. The van der Waals surface area contributed by atoms with Gasteiger partial charge in [0.2, 0.25) is 0 Å². The van der Waals surface area contributed by atoms with Crippen molar-refractivity contribution in [1.82, 2.24) is 0 Å². The van der Waals surface area contributed by atoms with Gasteiger partial charge in [0.15, 0.2) is 5.78 Å². The molecule has 0 fully saturated rings. The molecule has 0 heterocycles. The molecule has 2 rings (SSSR count). The Labute approximate surface area is 149 Å². The van der Waals surface area contributed by atoms with Crippen molar-refractivity contribution in [2.75, 3.05) is 0 Å². The Morgan fingerprint density at radius 2 is 1.68 bits per heavy atom. The number of unbranched alkanes of at least 4 members (excludes halogenated alkanes) is 1. The van der Waals surface area contributed by atoms with Crippen LogP contribution in [0.25, 0.3) is 0 Å². The second-order valence-corrected chi connectivity index (χ2v) is 6.51. The lowest BCUT2D eigenvalue weighted by Gasteiger charge is -2.13. The standard InChI is InChI=1S/C21H27NO3/c22-15-4-3-8-18(23)7-2-1-6-16-11-12-17(13-14-21(24)25)20-10-5-9-19(16)20/h3-4,8,11-12,15H,1-2,5-7,9-10,13-14,22H2,(H,24,25)/b8-3+,15-4-. The van der Waals surface area contributed by atoms with Crippen LogP contribution in [0.2, 0.25) is 0 Å². The number of nitrogens with two attached hydrogens (primary N) is 1. The molecule has 0 saturated carbocycles. The molecule has 25 heavy (non-hydrogen) atoms. The molecule has 0 aliphatic heterocycles. The number of carbonyl (C=O) groups excluding carboxylic acids is 1. The van der Waals surface area contributed by atoms with Crippen molar-refractivity contribution >= 4 is 11.8 Å². The third-order valence-corrected chi connectivity index (χ3v) is 4.71. The summed E-state index contributed by atoms with van der Waals surface area (Å²) in [5.41, 5.74) is 10.6. The summed E-state index contributed by atoms with van der Waals surface area (Å²) in [5.74, 6) is -0.608. The molecule has 1 aliphatic rings. The van der Waals surface area contributed by atoms with E-state index in [9.17, 15) is 9.59 Å². The van der Waals surface area contributed by atoms with E-state index in [1.165, 1.54) is 28.5 Å². The van der Waals surface area contributed by atoms with Crippen LogP contribution in [-0.4, -0.2) is 16.9 Å². The number of aryl methyl sites for hydroxylation is 2. The third kappa shape index (κ3) is 5.89. The maximum atomic E-state index is 11.7. The van der Waals surface area contributed by atoms with E-state index in [2.05, 4.69) is 12.1 Å². The van der Waals surface area contributed by atoms with Crippen LogP contribution in [0.1, 0.15) is 54.4 Å². The maximum absolute atomic E-state index is 11.7. The minimum atomic E-state index is -0.739. The summed E-state index contributed by atoms with van der Waals surface area (Å²) in [6.07, 6.45) is 13.9. The number of hydrogen-bond acceptors (Lipinski definition) is 3. The smallest absolute Gasteiger partial charge is 0.303 e. The van der Waals surface area contributed by atoms with Crippen molar-refractivity contribution in [3.8, 4) is 0 Å². The van der Waals surface area contributed by atoms with Gasteiger partial charge in [-0.3, -0.25) is 9.59 Å². The fourth-order valence-electron chi connectivity index (χ4n) is 3.49. The molecule has 0 amide bonds. The number of rotatable bonds is 10. The summed E-state index contributed by atoms with van der Waals surface area (Å²) in [5, 5.41) is 8.89. The average molecular weight is 341 g/mol. The van der Waals surface area contributed by atoms with Crippen LogP contribution in [0.15, 0.2) is 36.6 Å². The first kappa shape index (κ1) is 19.0. The molecule has 3 N–H and O–H groups in total. The molecule has 0 aromatic heterocycles. The van der Waals surface area contributed by atoms with E-state index in [4.69, 9.17) is 10.8 Å². The number of fused-ring (bicyclic) bond motifs is 1. The monoisotopic (exact) mass is 341 g/mol. The predicted molar refractivity (Wildman–Crippen MR) is 99.5 cm³/mol. The molecule has 4 nitrogen and oxygen atoms in total. The molecular formula is C21H27NO3. The third-order valence-electron chi connectivity index (χ3n) is 4.71. The fraction of sp³-hybridized carbons (Fsp3) is 0.429. The molecule has 0 atom stereocenters. The Kier molecular flexibility index (Phi) is 7.45. The van der Waals surface area contributed by atoms with Crippen LogP contribution < -0.4 is 5.73 Å². The van der Waals surface area contributed by atoms with Gasteiger partial charge in [-0.15, -0.1) is 0 Å². The summed E-state index contributed by atoms with van der Waals surface area (Å²) in [4.78, 5) is 22.5. The van der Waals surface area contributed by atoms with Crippen LogP contribution in [0.4, 0.5) is 0 Å². The second-order valence-electron chi connectivity index (χ2n) is 6.51. The molecule has 4 heteroatoms. The van der Waals surface area contributed by atoms with Crippen LogP contribution in [-0.2, 0) is 35.3 Å². The Bertz CT molecular complexity index is 674. The Morgan fingerprint density at radius 1 is 1.00 bits per heavy atom. The van der Waals surface area contributed by atoms with Gasteiger partial charge in [0.1, 0.15) is 0 Å². The minimum Gasteiger partial charge on any atom is -0.481 e. The van der Waals surface area contributed by atoms with E-state index in [0.29, 0.717) is 12.8 Å². The van der Waals surface area contributed by atoms with Crippen molar-refractivity contribution in [2.24, 2.45) is 5.73 Å². The van der Waals surface area contributed by atoms with E-state index in [0.717, 1.165) is 38.5 Å². The number of carboxylic acids is 1. The molecule has 0 radical (unpaired) electrons. The molecule has 134 valence electrons. The quantitative estimate of drug-likeness (QED) is 0.388. The first-order chi connectivity index (χ1) is 12.1. The minimum absolute atomic E-state index is 0.132. The molecule has 0 unspecified atom stereocenters.